The standard InChI is InChI=1S/C14H12BrClN2S/c15-12-13(9-3-4-9)17-11(18-14(12)19)7-8-1-5-10(16)6-2-8/h1-2,5-6,9H,3-4,7H2,(H,17,18,19). The molecule has 1 N–H and O–H groups in total. The van der Waals surface area contributed by atoms with E-state index in [4.69, 9.17) is 23.8 Å². The summed E-state index contributed by atoms with van der Waals surface area (Å²) in [6.07, 6.45) is 3.20. The van der Waals surface area contributed by atoms with Crippen molar-refractivity contribution >= 4 is 39.7 Å². The number of aromatic amines is 1. The smallest absolute Gasteiger partial charge is 0.144 e. The first-order valence-corrected chi connectivity index (χ1v) is 7.74. The molecule has 0 aliphatic heterocycles. The monoisotopic (exact) mass is 354 g/mol. The molecule has 1 fully saturated rings. The number of halogens is 2. The van der Waals surface area contributed by atoms with Gasteiger partial charge in [-0.2, -0.15) is 0 Å². The molecule has 3 rings (SSSR count). The molecule has 0 atom stereocenters. The fraction of sp³-hybridized carbons (Fsp3) is 0.286. The molecule has 98 valence electrons. The van der Waals surface area contributed by atoms with Crippen molar-refractivity contribution in [3.05, 3.63) is 55.5 Å². The Morgan fingerprint density at radius 2 is 2.00 bits per heavy atom. The summed E-state index contributed by atoms with van der Waals surface area (Å²) in [7, 11) is 0. The predicted molar refractivity (Wildman–Crippen MR) is 83.4 cm³/mol. The lowest BCUT2D eigenvalue weighted by Gasteiger charge is -2.08. The summed E-state index contributed by atoms with van der Waals surface area (Å²) >= 11 is 14.7. The molecule has 19 heavy (non-hydrogen) atoms. The molecule has 0 radical (unpaired) electrons. The van der Waals surface area contributed by atoms with Gasteiger partial charge < -0.3 is 4.98 Å². The van der Waals surface area contributed by atoms with Crippen LogP contribution in [-0.4, -0.2) is 9.97 Å². The Bertz CT molecular complexity index is 662. The fourth-order valence-electron chi connectivity index (χ4n) is 2.06. The van der Waals surface area contributed by atoms with Gasteiger partial charge in [0.1, 0.15) is 10.5 Å². The minimum absolute atomic E-state index is 0.614. The summed E-state index contributed by atoms with van der Waals surface area (Å²) in [6, 6.07) is 7.82. The lowest BCUT2D eigenvalue weighted by atomic mass is 10.1. The van der Waals surface area contributed by atoms with Gasteiger partial charge in [-0.1, -0.05) is 36.0 Å². The Labute approximate surface area is 130 Å². The second-order valence-corrected chi connectivity index (χ2v) is 6.41. The van der Waals surface area contributed by atoms with Crippen LogP contribution >= 0.6 is 39.7 Å². The summed E-state index contributed by atoms with van der Waals surface area (Å²) in [4.78, 5) is 7.86. The minimum Gasteiger partial charge on any atom is -0.346 e. The van der Waals surface area contributed by atoms with Crippen LogP contribution < -0.4 is 0 Å². The third-order valence-electron chi connectivity index (χ3n) is 3.21. The lowest BCUT2D eigenvalue weighted by Crippen LogP contribution is -2.02. The molecule has 5 heteroatoms. The van der Waals surface area contributed by atoms with E-state index in [2.05, 4.69) is 25.9 Å². The summed E-state index contributed by atoms with van der Waals surface area (Å²) in [5, 5.41) is 0.749. The van der Waals surface area contributed by atoms with Gasteiger partial charge in [0, 0.05) is 23.1 Å². The van der Waals surface area contributed by atoms with Gasteiger partial charge in [-0.3, -0.25) is 0 Å². The minimum atomic E-state index is 0.614. The van der Waals surface area contributed by atoms with Crippen molar-refractivity contribution in [2.75, 3.05) is 0 Å². The molecule has 0 unspecified atom stereocenters. The normalized spacial score (nSPS) is 14.6. The Morgan fingerprint density at radius 3 is 2.63 bits per heavy atom. The van der Waals surface area contributed by atoms with E-state index < -0.39 is 0 Å². The van der Waals surface area contributed by atoms with Crippen molar-refractivity contribution in [2.24, 2.45) is 0 Å². The Morgan fingerprint density at radius 1 is 1.32 bits per heavy atom. The van der Waals surface area contributed by atoms with Crippen LogP contribution in [0, 0.1) is 4.64 Å². The number of hydrogen-bond acceptors (Lipinski definition) is 2. The third kappa shape index (κ3) is 3.07. The highest BCUT2D eigenvalue weighted by molar-refractivity contribution is 9.10. The van der Waals surface area contributed by atoms with E-state index in [0.29, 0.717) is 10.6 Å². The first-order chi connectivity index (χ1) is 9.13. The summed E-state index contributed by atoms with van der Waals surface area (Å²) in [6.45, 7) is 0. The molecule has 1 saturated carbocycles. The third-order valence-corrected chi connectivity index (χ3v) is 4.82. The first kappa shape index (κ1) is 13.3. The van der Waals surface area contributed by atoms with Gasteiger partial charge in [-0.15, -0.1) is 0 Å². The van der Waals surface area contributed by atoms with Crippen molar-refractivity contribution in [3.63, 3.8) is 0 Å². The Kier molecular flexibility index (Phi) is 3.74. The molecule has 1 aromatic heterocycles. The molecular weight excluding hydrogens is 344 g/mol. The molecule has 0 bridgehead atoms. The average molecular weight is 356 g/mol. The second kappa shape index (κ2) is 5.35. The number of nitrogens with one attached hydrogen (secondary N) is 1. The van der Waals surface area contributed by atoms with Crippen LogP contribution in [0.2, 0.25) is 5.02 Å². The highest BCUT2D eigenvalue weighted by Crippen LogP contribution is 2.42. The van der Waals surface area contributed by atoms with Crippen molar-refractivity contribution in [1.29, 1.82) is 0 Å². The first-order valence-electron chi connectivity index (χ1n) is 6.16. The lowest BCUT2D eigenvalue weighted by molar-refractivity contribution is 0.883. The van der Waals surface area contributed by atoms with E-state index in [9.17, 15) is 0 Å². The second-order valence-electron chi connectivity index (χ2n) is 4.79. The SMILES string of the molecule is S=c1nc(Cc2ccc(Cl)cc2)[nH]c(C2CC2)c1Br. The van der Waals surface area contributed by atoms with Crippen LogP contribution in [0.25, 0.3) is 0 Å². The van der Waals surface area contributed by atoms with E-state index in [1.54, 1.807) is 0 Å². The van der Waals surface area contributed by atoms with Crippen molar-refractivity contribution in [2.45, 2.75) is 25.2 Å². The fourth-order valence-corrected chi connectivity index (χ4v) is 2.92. The van der Waals surface area contributed by atoms with Crippen LogP contribution in [0.4, 0.5) is 0 Å². The van der Waals surface area contributed by atoms with Crippen molar-refractivity contribution in [1.82, 2.24) is 9.97 Å². The van der Waals surface area contributed by atoms with Crippen LogP contribution in [0.15, 0.2) is 28.7 Å². The van der Waals surface area contributed by atoms with Gasteiger partial charge in [0.15, 0.2) is 0 Å². The molecule has 1 aromatic carbocycles. The zero-order valence-corrected chi connectivity index (χ0v) is 13.3. The number of hydrogen-bond donors (Lipinski definition) is 1. The molecule has 1 aliphatic carbocycles. The largest absolute Gasteiger partial charge is 0.346 e. The van der Waals surface area contributed by atoms with Crippen molar-refractivity contribution < 1.29 is 0 Å². The summed E-state index contributed by atoms with van der Waals surface area (Å²) < 4.78 is 1.59. The van der Waals surface area contributed by atoms with Gasteiger partial charge in [0.2, 0.25) is 0 Å². The predicted octanol–water partition coefficient (Wildman–Crippen LogP) is 5.02. The van der Waals surface area contributed by atoms with E-state index in [1.807, 2.05) is 24.3 Å². The summed E-state index contributed by atoms with van der Waals surface area (Å²) in [5.74, 6) is 1.53. The molecule has 2 aromatic rings. The van der Waals surface area contributed by atoms with Gasteiger partial charge in [0.05, 0.1) is 4.47 Å². The van der Waals surface area contributed by atoms with Crippen LogP contribution in [0.3, 0.4) is 0 Å². The molecule has 1 aliphatic rings. The molecule has 1 heterocycles. The maximum atomic E-state index is 5.89. The number of aromatic nitrogens is 2. The quantitative estimate of drug-likeness (QED) is 0.783. The van der Waals surface area contributed by atoms with Crippen LogP contribution in [-0.2, 0) is 6.42 Å². The molecule has 0 spiro atoms. The average Bonchev–Trinajstić information content (AvgIpc) is 3.21. The highest BCUT2D eigenvalue weighted by atomic mass is 79.9. The number of benzene rings is 1. The topological polar surface area (TPSA) is 28.7 Å². The zero-order chi connectivity index (χ0) is 13.4. The number of nitrogens with zero attached hydrogens (tertiary/aromatic N) is 1. The zero-order valence-electron chi connectivity index (χ0n) is 10.1. The van der Waals surface area contributed by atoms with Crippen molar-refractivity contribution in [3.8, 4) is 0 Å². The van der Waals surface area contributed by atoms with Gasteiger partial charge >= 0.3 is 0 Å². The van der Waals surface area contributed by atoms with Gasteiger partial charge in [-0.05, 0) is 46.5 Å². The Balaban J connectivity index is 1.92. The molecular formula is C14H12BrClN2S. The maximum absolute atomic E-state index is 5.89. The molecule has 0 saturated heterocycles. The number of rotatable bonds is 3. The van der Waals surface area contributed by atoms with E-state index in [-0.39, 0.29) is 0 Å². The molecule has 0 amide bonds. The van der Waals surface area contributed by atoms with Gasteiger partial charge in [0.25, 0.3) is 0 Å². The van der Waals surface area contributed by atoms with Gasteiger partial charge in [-0.25, -0.2) is 4.98 Å². The Hall–Kier alpha value is -0.710. The molecule has 2 nitrogen and oxygen atoms in total. The summed E-state index contributed by atoms with van der Waals surface area (Å²) in [5.41, 5.74) is 2.37. The van der Waals surface area contributed by atoms with Crippen LogP contribution in [0.1, 0.15) is 35.8 Å². The highest BCUT2D eigenvalue weighted by Gasteiger charge is 2.27. The maximum Gasteiger partial charge on any atom is 0.144 e. The van der Waals surface area contributed by atoms with E-state index >= 15 is 0 Å². The van der Waals surface area contributed by atoms with E-state index in [1.165, 1.54) is 24.1 Å². The van der Waals surface area contributed by atoms with E-state index in [0.717, 1.165) is 21.7 Å². The van der Waals surface area contributed by atoms with Crippen LogP contribution in [0.5, 0.6) is 0 Å². The number of H-pyrrole nitrogens is 1.